The van der Waals surface area contributed by atoms with Gasteiger partial charge in [0.25, 0.3) is 0 Å². The van der Waals surface area contributed by atoms with Crippen molar-refractivity contribution in [2.75, 3.05) is 6.61 Å². The van der Waals surface area contributed by atoms with Gasteiger partial charge in [0.2, 0.25) is 0 Å². The first kappa shape index (κ1) is 17.0. The molecule has 0 saturated carbocycles. The molecular weight excluding hydrogens is 208 g/mol. The number of hydrogen-bond acceptors (Lipinski definition) is 1. The zero-order valence-electron chi connectivity index (χ0n) is 12.9. The lowest BCUT2D eigenvalue weighted by Crippen LogP contribution is -2.16. The van der Waals surface area contributed by atoms with Crippen LogP contribution in [0.25, 0.3) is 0 Å². The van der Waals surface area contributed by atoms with E-state index in [0.29, 0.717) is 12.5 Å². The van der Waals surface area contributed by atoms with Crippen LogP contribution in [0, 0.1) is 29.6 Å². The van der Waals surface area contributed by atoms with Crippen molar-refractivity contribution < 1.29 is 5.11 Å². The van der Waals surface area contributed by atoms with Gasteiger partial charge in [-0.1, -0.05) is 41.5 Å². The molecule has 0 aromatic heterocycles. The predicted octanol–water partition coefficient (Wildman–Crippen LogP) is 4.74. The van der Waals surface area contributed by atoms with E-state index in [2.05, 4.69) is 41.5 Å². The highest BCUT2D eigenvalue weighted by atomic mass is 16.3. The van der Waals surface area contributed by atoms with Crippen molar-refractivity contribution in [2.45, 2.75) is 67.2 Å². The average molecular weight is 242 g/mol. The second-order valence-electron chi connectivity index (χ2n) is 6.99. The molecule has 2 unspecified atom stereocenters. The fraction of sp³-hybridized carbons (Fsp3) is 1.00. The van der Waals surface area contributed by atoms with E-state index in [9.17, 15) is 5.11 Å². The number of aliphatic hydroxyl groups is 1. The van der Waals surface area contributed by atoms with Gasteiger partial charge in [0.1, 0.15) is 0 Å². The minimum absolute atomic E-state index is 0.366. The van der Waals surface area contributed by atoms with Crippen LogP contribution in [0.15, 0.2) is 0 Å². The lowest BCUT2D eigenvalue weighted by molar-refractivity contribution is 0.169. The predicted molar refractivity (Wildman–Crippen MR) is 77.0 cm³/mol. The second kappa shape index (κ2) is 8.97. The topological polar surface area (TPSA) is 20.2 Å². The zero-order chi connectivity index (χ0) is 13.4. The molecule has 0 saturated heterocycles. The van der Waals surface area contributed by atoms with E-state index >= 15 is 0 Å². The van der Waals surface area contributed by atoms with Gasteiger partial charge in [-0.05, 0) is 55.3 Å². The summed E-state index contributed by atoms with van der Waals surface area (Å²) in [7, 11) is 0. The van der Waals surface area contributed by atoms with Crippen molar-refractivity contribution in [1.29, 1.82) is 0 Å². The van der Waals surface area contributed by atoms with Crippen molar-refractivity contribution in [2.24, 2.45) is 29.6 Å². The van der Waals surface area contributed by atoms with Crippen molar-refractivity contribution in [1.82, 2.24) is 0 Å². The van der Waals surface area contributed by atoms with Crippen molar-refractivity contribution >= 4 is 0 Å². The molecule has 17 heavy (non-hydrogen) atoms. The van der Waals surface area contributed by atoms with Gasteiger partial charge in [-0.15, -0.1) is 0 Å². The molecule has 104 valence electrons. The van der Waals surface area contributed by atoms with Gasteiger partial charge in [-0.25, -0.2) is 0 Å². The summed E-state index contributed by atoms with van der Waals surface area (Å²) in [5.74, 6) is 3.56. The second-order valence-corrected chi connectivity index (χ2v) is 6.99. The van der Waals surface area contributed by atoms with Gasteiger partial charge in [0.15, 0.2) is 0 Å². The molecule has 0 aliphatic heterocycles. The fourth-order valence-electron chi connectivity index (χ4n) is 3.19. The molecule has 0 aliphatic rings. The maximum Gasteiger partial charge on any atom is 0.0459 e. The lowest BCUT2D eigenvalue weighted by atomic mass is 9.83. The van der Waals surface area contributed by atoms with Gasteiger partial charge in [-0.3, -0.25) is 0 Å². The summed E-state index contributed by atoms with van der Waals surface area (Å²) >= 11 is 0. The Morgan fingerprint density at radius 1 is 0.647 bits per heavy atom. The summed E-state index contributed by atoms with van der Waals surface area (Å²) in [4.78, 5) is 0. The SMILES string of the molecule is CC(C)CC(C)CC(CO)CC(C)CC(C)C. The third kappa shape index (κ3) is 9.64. The monoisotopic (exact) mass is 242 g/mol. The van der Waals surface area contributed by atoms with Crippen molar-refractivity contribution in [3.8, 4) is 0 Å². The Bertz CT molecular complexity index is 156. The number of hydrogen-bond donors (Lipinski definition) is 1. The van der Waals surface area contributed by atoms with E-state index in [4.69, 9.17) is 0 Å². The normalized spacial score (nSPS) is 17.5. The highest BCUT2D eigenvalue weighted by Gasteiger charge is 2.17. The highest BCUT2D eigenvalue weighted by Crippen LogP contribution is 2.26. The van der Waals surface area contributed by atoms with Crippen LogP contribution in [0.1, 0.15) is 67.2 Å². The van der Waals surface area contributed by atoms with E-state index in [1.165, 1.54) is 25.7 Å². The molecule has 1 N–H and O–H groups in total. The van der Waals surface area contributed by atoms with Crippen molar-refractivity contribution in [3.05, 3.63) is 0 Å². The largest absolute Gasteiger partial charge is 0.396 e. The van der Waals surface area contributed by atoms with Crippen LogP contribution in [0.5, 0.6) is 0 Å². The molecule has 0 aromatic carbocycles. The Labute approximate surface area is 109 Å². The van der Waals surface area contributed by atoms with Crippen LogP contribution in [0.2, 0.25) is 0 Å². The third-order valence-electron chi connectivity index (χ3n) is 3.48. The maximum atomic E-state index is 9.49. The minimum atomic E-state index is 0.366. The van der Waals surface area contributed by atoms with Crippen LogP contribution in [-0.4, -0.2) is 11.7 Å². The first-order chi connectivity index (χ1) is 7.85. The Balaban J connectivity index is 3.97. The lowest BCUT2D eigenvalue weighted by Gasteiger charge is -2.24. The van der Waals surface area contributed by atoms with E-state index in [0.717, 1.165) is 23.7 Å². The van der Waals surface area contributed by atoms with Crippen LogP contribution in [0.3, 0.4) is 0 Å². The molecule has 0 radical (unpaired) electrons. The Hall–Kier alpha value is -0.0400. The van der Waals surface area contributed by atoms with E-state index in [-0.39, 0.29) is 0 Å². The molecule has 2 atom stereocenters. The van der Waals surface area contributed by atoms with Gasteiger partial charge in [0, 0.05) is 6.61 Å². The molecular formula is C16H34O. The zero-order valence-corrected chi connectivity index (χ0v) is 12.9. The van der Waals surface area contributed by atoms with Gasteiger partial charge < -0.3 is 5.11 Å². The fourth-order valence-corrected chi connectivity index (χ4v) is 3.19. The average Bonchev–Trinajstić information content (AvgIpc) is 2.13. The van der Waals surface area contributed by atoms with Gasteiger partial charge in [0.05, 0.1) is 0 Å². The summed E-state index contributed by atoms with van der Waals surface area (Å²) < 4.78 is 0. The molecule has 1 heteroatoms. The summed E-state index contributed by atoms with van der Waals surface area (Å²) in [5.41, 5.74) is 0. The molecule has 0 fully saturated rings. The quantitative estimate of drug-likeness (QED) is 0.619. The maximum absolute atomic E-state index is 9.49. The van der Waals surface area contributed by atoms with Crippen LogP contribution < -0.4 is 0 Å². The van der Waals surface area contributed by atoms with Crippen LogP contribution in [-0.2, 0) is 0 Å². The summed E-state index contributed by atoms with van der Waals surface area (Å²) in [6.07, 6.45) is 4.96. The van der Waals surface area contributed by atoms with Crippen molar-refractivity contribution in [3.63, 3.8) is 0 Å². The molecule has 0 rings (SSSR count). The molecule has 1 nitrogen and oxygen atoms in total. The summed E-state index contributed by atoms with van der Waals surface area (Å²) in [6.45, 7) is 14.2. The molecule has 0 bridgehead atoms. The van der Waals surface area contributed by atoms with Gasteiger partial charge >= 0.3 is 0 Å². The van der Waals surface area contributed by atoms with Crippen LogP contribution in [0.4, 0.5) is 0 Å². The molecule has 0 aliphatic carbocycles. The van der Waals surface area contributed by atoms with E-state index < -0.39 is 0 Å². The standard InChI is InChI=1S/C16H34O/c1-12(2)7-14(5)9-16(11-17)10-15(6)8-13(3)4/h12-17H,7-11H2,1-6H3. The molecule has 0 aromatic rings. The smallest absolute Gasteiger partial charge is 0.0459 e. The molecule has 0 amide bonds. The first-order valence-electron chi connectivity index (χ1n) is 7.45. The minimum Gasteiger partial charge on any atom is -0.396 e. The molecule has 0 spiro atoms. The van der Waals surface area contributed by atoms with E-state index in [1.807, 2.05) is 0 Å². The Morgan fingerprint density at radius 3 is 1.24 bits per heavy atom. The van der Waals surface area contributed by atoms with Gasteiger partial charge in [-0.2, -0.15) is 0 Å². The highest BCUT2D eigenvalue weighted by molar-refractivity contribution is 4.68. The molecule has 0 heterocycles. The Kier molecular flexibility index (Phi) is 8.94. The van der Waals surface area contributed by atoms with E-state index in [1.54, 1.807) is 0 Å². The Morgan fingerprint density at radius 2 is 1.00 bits per heavy atom. The summed E-state index contributed by atoms with van der Waals surface area (Å²) in [5, 5.41) is 9.49. The summed E-state index contributed by atoms with van der Waals surface area (Å²) in [6, 6.07) is 0. The first-order valence-corrected chi connectivity index (χ1v) is 7.45. The number of aliphatic hydroxyl groups excluding tert-OH is 1. The van der Waals surface area contributed by atoms with Crippen LogP contribution >= 0.6 is 0 Å². The third-order valence-corrected chi connectivity index (χ3v) is 3.48. The number of rotatable bonds is 9.